The molecular weight excluding hydrogens is 286 g/mol. The van der Waals surface area contributed by atoms with Crippen molar-refractivity contribution >= 4 is 22.7 Å². The molecule has 6 heteroatoms. The van der Waals surface area contributed by atoms with Crippen LogP contribution in [-0.2, 0) is 0 Å². The van der Waals surface area contributed by atoms with Crippen LogP contribution in [-0.4, -0.2) is 11.9 Å². The van der Waals surface area contributed by atoms with Gasteiger partial charge in [0.05, 0.1) is 11.9 Å². The molecule has 0 aliphatic rings. The number of fused-ring (bicyclic) bond motifs is 1. The van der Waals surface area contributed by atoms with Crippen LogP contribution in [0.3, 0.4) is 0 Å². The fraction of sp³-hybridized carbons (Fsp3) is 0. The second kappa shape index (κ2) is 8.26. The van der Waals surface area contributed by atoms with Gasteiger partial charge in [-0.3, -0.25) is 0 Å². The van der Waals surface area contributed by atoms with E-state index in [2.05, 4.69) is 0 Å². The molecule has 80 valence electrons. The SMILES string of the molecule is O=C([O-])c1ccc(C(=O)[O-])c2ccccc12.[K+].[K+]. The summed E-state index contributed by atoms with van der Waals surface area (Å²) >= 11 is 0. The van der Waals surface area contributed by atoms with Gasteiger partial charge < -0.3 is 19.8 Å². The third kappa shape index (κ3) is 3.95. The minimum absolute atomic E-state index is 0. The molecule has 0 saturated heterocycles. The summed E-state index contributed by atoms with van der Waals surface area (Å²) in [5.41, 5.74) is -0.0544. The van der Waals surface area contributed by atoms with Gasteiger partial charge in [-0.15, -0.1) is 0 Å². The second-order valence-corrected chi connectivity index (χ2v) is 3.28. The number of hydrogen-bond donors (Lipinski definition) is 0. The van der Waals surface area contributed by atoms with Crippen molar-refractivity contribution < 1.29 is 123 Å². The van der Waals surface area contributed by atoms with Crippen LogP contribution < -0.4 is 113 Å². The summed E-state index contributed by atoms with van der Waals surface area (Å²) in [4.78, 5) is 21.6. The fourth-order valence-electron chi connectivity index (χ4n) is 1.66. The molecule has 2 aromatic rings. The van der Waals surface area contributed by atoms with E-state index in [0.717, 1.165) is 0 Å². The molecule has 0 aliphatic carbocycles. The van der Waals surface area contributed by atoms with Crippen molar-refractivity contribution in [3.63, 3.8) is 0 Å². The van der Waals surface area contributed by atoms with Gasteiger partial charge in [0.2, 0.25) is 0 Å². The zero-order chi connectivity index (χ0) is 11.7. The first-order valence-electron chi connectivity index (χ1n) is 4.55. The summed E-state index contributed by atoms with van der Waals surface area (Å²) in [6, 6.07) is 8.76. The van der Waals surface area contributed by atoms with Gasteiger partial charge in [-0.05, 0) is 10.8 Å². The maximum Gasteiger partial charge on any atom is 1.00 e. The van der Waals surface area contributed by atoms with Gasteiger partial charge in [-0.25, -0.2) is 0 Å². The van der Waals surface area contributed by atoms with Crippen molar-refractivity contribution in [2.45, 2.75) is 0 Å². The van der Waals surface area contributed by atoms with E-state index < -0.39 is 11.9 Å². The Labute approximate surface area is 189 Å². The summed E-state index contributed by atoms with van der Waals surface area (Å²) < 4.78 is 0. The largest absolute Gasteiger partial charge is 1.00 e. The summed E-state index contributed by atoms with van der Waals surface area (Å²) in [6.07, 6.45) is 0. The molecule has 0 aromatic heterocycles. The van der Waals surface area contributed by atoms with Gasteiger partial charge in [0, 0.05) is 11.1 Å². The first-order chi connectivity index (χ1) is 7.61. The summed E-state index contributed by atoms with van der Waals surface area (Å²) in [5, 5.41) is 22.3. The maximum absolute atomic E-state index is 10.8. The molecule has 0 atom stereocenters. The third-order valence-corrected chi connectivity index (χ3v) is 2.36. The number of carbonyl (C=O) groups excluding carboxylic acids is 2. The minimum atomic E-state index is -1.33. The van der Waals surface area contributed by atoms with Gasteiger partial charge in [0.15, 0.2) is 0 Å². The average molecular weight is 292 g/mol. The zero-order valence-electron chi connectivity index (χ0n) is 10.1. The predicted molar refractivity (Wildman–Crippen MR) is 52.6 cm³/mol. The van der Waals surface area contributed by atoms with E-state index in [1.54, 1.807) is 12.1 Å². The quantitative estimate of drug-likeness (QED) is 0.516. The summed E-state index contributed by atoms with van der Waals surface area (Å²) in [6.45, 7) is 0. The monoisotopic (exact) mass is 292 g/mol. The van der Waals surface area contributed by atoms with Gasteiger partial charge in [0.1, 0.15) is 0 Å². The molecule has 4 nitrogen and oxygen atoms in total. The molecule has 0 amide bonds. The third-order valence-electron chi connectivity index (χ3n) is 2.36. The van der Waals surface area contributed by atoms with E-state index in [4.69, 9.17) is 0 Å². The van der Waals surface area contributed by atoms with E-state index in [0.29, 0.717) is 10.8 Å². The Morgan fingerprint density at radius 2 is 1.06 bits per heavy atom. The van der Waals surface area contributed by atoms with Gasteiger partial charge >= 0.3 is 103 Å². The molecule has 0 radical (unpaired) electrons. The van der Waals surface area contributed by atoms with Crippen LogP contribution in [0.15, 0.2) is 36.4 Å². The van der Waals surface area contributed by atoms with Crippen molar-refractivity contribution in [2.24, 2.45) is 0 Å². The van der Waals surface area contributed by atoms with Crippen molar-refractivity contribution in [1.82, 2.24) is 0 Å². The van der Waals surface area contributed by atoms with E-state index in [9.17, 15) is 19.8 Å². The Hall–Kier alpha value is 0.913. The predicted octanol–water partition coefficient (Wildman–Crippen LogP) is -6.43. The molecule has 2 aromatic carbocycles. The fourth-order valence-corrected chi connectivity index (χ4v) is 1.66. The van der Waals surface area contributed by atoms with Crippen LogP contribution in [0, 0.1) is 0 Å². The number of carbonyl (C=O) groups is 2. The normalized spacial score (nSPS) is 9.11. The Balaban J connectivity index is 0.00000144. The number of benzene rings is 2. The number of carboxylic acid groups (broad SMARTS) is 2. The molecule has 0 spiro atoms. The Morgan fingerprint density at radius 3 is 1.33 bits per heavy atom. The minimum Gasteiger partial charge on any atom is -0.545 e. The number of carboxylic acids is 2. The first kappa shape index (κ1) is 18.9. The number of aromatic carboxylic acids is 2. The number of rotatable bonds is 2. The molecule has 18 heavy (non-hydrogen) atoms. The zero-order valence-corrected chi connectivity index (χ0v) is 16.3. The van der Waals surface area contributed by atoms with Crippen LogP contribution in [0.1, 0.15) is 20.7 Å². The molecule has 0 aliphatic heterocycles. The van der Waals surface area contributed by atoms with Crippen LogP contribution >= 0.6 is 0 Å². The van der Waals surface area contributed by atoms with E-state index >= 15 is 0 Å². The van der Waals surface area contributed by atoms with Crippen LogP contribution in [0.25, 0.3) is 10.8 Å². The maximum atomic E-state index is 10.8. The smallest absolute Gasteiger partial charge is 0.545 e. The molecule has 0 saturated carbocycles. The molecule has 0 heterocycles. The molecule has 2 rings (SSSR count). The number of hydrogen-bond acceptors (Lipinski definition) is 4. The van der Waals surface area contributed by atoms with E-state index in [1.165, 1.54) is 24.3 Å². The Morgan fingerprint density at radius 1 is 0.722 bits per heavy atom. The summed E-state index contributed by atoms with van der Waals surface area (Å²) in [5.74, 6) is -2.66. The first-order valence-corrected chi connectivity index (χ1v) is 4.55. The van der Waals surface area contributed by atoms with Crippen molar-refractivity contribution in [3.05, 3.63) is 47.5 Å². The Kier molecular flexibility index (Phi) is 8.67. The van der Waals surface area contributed by atoms with Crippen LogP contribution in [0.5, 0.6) is 0 Å². The van der Waals surface area contributed by atoms with Gasteiger partial charge in [0.25, 0.3) is 0 Å². The molecule has 0 N–H and O–H groups in total. The van der Waals surface area contributed by atoms with Crippen molar-refractivity contribution in [3.8, 4) is 0 Å². The van der Waals surface area contributed by atoms with Gasteiger partial charge in [-0.2, -0.15) is 0 Å². The van der Waals surface area contributed by atoms with Gasteiger partial charge in [-0.1, -0.05) is 36.4 Å². The van der Waals surface area contributed by atoms with Crippen LogP contribution in [0.2, 0.25) is 0 Å². The second-order valence-electron chi connectivity index (χ2n) is 3.28. The molecule has 0 unspecified atom stereocenters. The van der Waals surface area contributed by atoms with Crippen LogP contribution in [0.4, 0.5) is 0 Å². The molecule has 0 fully saturated rings. The topological polar surface area (TPSA) is 80.3 Å². The van der Waals surface area contributed by atoms with Crippen molar-refractivity contribution in [1.29, 1.82) is 0 Å². The van der Waals surface area contributed by atoms with Crippen molar-refractivity contribution in [2.75, 3.05) is 0 Å². The van der Waals surface area contributed by atoms with E-state index in [1.807, 2.05) is 0 Å². The van der Waals surface area contributed by atoms with E-state index in [-0.39, 0.29) is 114 Å². The molecule has 0 bridgehead atoms. The molecular formula is C12H6K2O4. The Bertz CT molecular complexity index is 543. The average Bonchev–Trinajstić information content (AvgIpc) is 2.27. The standard InChI is InChI=1S/C12H8O4.2K/c13-11(14)9-5-6-10(12(15)16)8-4-2-1-3-7(8)9;;/h1-6H,(H,13,14)(H,15,16);;/q;2*+1/p-2. The summed E-state index contributed by atoms with van der Waals surface area (Å²) in [7, 11) is 0.